The Bertz CT molecular complexity index is 1370. The van der Waals surface area contributed by atoms with Crippen LogP contribution in [0.4, 0.5) is 0 Å². The maximum absolute atomic E-state index is 13.8. The van der Waals surface area contributed by atoms with Crippen LogP contribution in [-0.4, -0.2) is 23.3 Å². The Labute approximate surface area is 191 Å². The van der Waals surface area contributed by atoms with Crippen molar-refractivity contribution in [2.45, 2.75) is 47.5 Å². The number of fused-ring (bicyclic) bond motifs is 2. The fourth-order valence-corrected chi connectivity index (χ4v) is 3.70. The monoisotopic (exact) mass is 452 g/mol. The molecule has 33 heavy (non-hydrogen) atoms. The highest BCUT2D eigenvalue weighted by Gasteiger charge is 2.24. The van der Waals surface area contributed by atoms with E-state index in [-0.39, 0.29) is 51.4 Å². The number of aromatic hydroxyl groups is 2. The second kappa shape index (κ2) is 9.40. The minimum absolute atomic E-state index is 0.0362. The van der Waals surface area contributed by atoms with Crippen LogP contribution in [0.2, 0.25) is 0 Å². The molecule has 0 saturated carbocycles. The third-order valence-corrected chi connectivity index (χ3v) is 5.20. The number of carbonyl (C=O) groups excluding carboxylic acids is 1. The Kier molecular flexibility index (Phi) is 6.81. The van der Waals surface area contributed by atoms with E-state index in [9.17, 15) is 19.8 Å². The topological polar surface area (TPSA) is 106 Å². The second-order valence-corrected chi connectivity index (χ2v) is 8.35. The van der Waals surface area contributed by atoms with Crippen molar-refractivity contribution in [3.05, 3.63) is 56.8 Å². The Balaban J connectivity index is 2.53. The average Bonchev–Trinajstić information content (AvgIpc) is 2.70. The van der Waals surface area contributed by atoms with Gasteiger partial charge < -0.3 is 24.1 Å². The summed E-state index contributed by atoms with van der Waals surface area (Å²) in [6, 6.07) is 2.63. The first-order valence-electron chi connectivity index (χ1n) is 10.5. The summed E-state index contributed by atoms with van der Waals surface area (Å²) >= 11 is 0. The molecule has 3 rings (SSSR count). The van der Waals surface area contributed by atoms with Gasteiger partial charge >= 0.3 is 5.97 Å². The van der Waals surface area contributed by atoms with E-state index in [4.69, 9.17) is 13.9 Å². The van der Waals surface area contributed by atoms with Crippen molar-refractivity contribution in [1.82, 2.24) is 0 Å². The van der Waals surface area contributed by atoms with Gasteiger partial charge in [0.15, 0.2) is 17.2 Å². The number of carbonyl (C=O) groups is 1. The van der Waals surface area contributed by atoms with Crippen LogP contribution in [0.5, 0.6) is 23.0 Å². The third-order valence-electron chi connectivity index (χ3n) is 5.20. The molecule has 0 fully saturated rings. The summed E-state index contributed by atoms with van der Waals surface area (Å²) in [5.74, 6) is -0.835. The lowest BCUT2D eigenvalue weighted by Crippen LogP contribution is -2.12. The summed E-state index contributed by atoms with van der Waals surface area (Å²) < 4.78 is 16.8. The van der Waals surface area contributed by atoms with E-state index in [2.05, 4.69) is 0 Å². The molecule has 3 aromatic rings. The first kappa shape index (κ1) is 23.9. The molecule has 0 atom stereocenters. The maximum Gasteiger partial charge on any atom is 0.308 e. The highest BCUT2D eigenvalue weighted by atomic mass is 16.5. The fraction of sp³-hybridized carbons (Fsp3) is 0.308. The van der Waals surface area contributed by atoms with Gasteiger partial charge in [-0.1, -0.05) is 23.3 Å². The standard InChI is InChI=1S/C26H28O7/c1-13(2)7-9-16-18(28)11-21-23(26(16)32-15(5)27)24(30)22-17(10-8-14(3)4)25(31-6)19(29)12-20(22)33-21/h7-8,11-12,28-29H,9-10H2,1-6H3. The van der Waals surface area contributed by atoms with Crippen molar-refractivity contribution in [3.63, 3.8) is 0 Å². The van der Waals surface area contributed by atoms with E-state index in [0.717, 1.165) is 11.1 Å². The largest absolute Gasteiger partial charge is 0.507 e. The smallest absolute Gasteiger partial charge is 0.308 e. The van der Waals surface area contributed by atoms with Crippen LogP contribution < -0.4 is 14.9 Å². The Hall–Kier alpha value is -3.74. The molecule has 1 aromatic heterocycles. The first-order chi connectivity index (χ1) is 15.5. The van der Waals surface area contributed by atoms with Crippen molar-refractivity contribution in [1.29, 1.82) is 0 Å². The summed E-state index contributed by atoms with van der Waals surface area (Å²) in [4.78, 5) is 25.7. The van der Waals surface area contributed by atoms with Crippen LogP contribution in [-0.2, 0) is 17.6 Å². The van der Waals surface area contributed by atoms with Crippen LogP contribution in [0.15, 0.2) is 44.6 Å². The number of phenols is 2. The van der Waals surface area contributed by atoms with Gasteiger partial charge in [0.25, 0.3) is 0 Å². The summed E-state index contributed by atoms with van der Waals surface area (Å²) in [5.41, 5.74) is 2.51. The van der Waals surface area contributed by atoms with Gasteiger partial charge in [0.1, 0.15) is 22.3 Å². The molecule has 0 bridgehead atoms. The van der Waals surface area contributed by atoms with Gasteiger partial charge in [-0.3, -0.25) is 9.59 Å². The molecule has 0 aliphatic rings. The van der Waals surface area contributed by atoms with E-state index < -0.39 is 11.4 Å². The van der Waals surface area contributed by atoms with Crippen molar-refractivity contribution in [3.8, 4) is 23.0 Å². The molecule has 0 spiro atoms. The lowest BCUT2D eigenvalue weighted by molar-refractivity contribution is -0.131. The van der Waals surface area contributed by atoms with Gasteiger partial charge in [-0.2, -0.15) is 0 Å². The van der Waals surface area contributed by atoms with Gasteiger partial charge in [0.2, 0.25) is 5.43 Å². The highest BCUT2D eigenvalue weighted by molar-refractivity contribution is 5.98. The highest BCUT2D eigenvalue weighted by Crippen LogP contribution is 2.41. The van der Waals surface area contributed by atoms with Crippen molar-refractivity contribution in [2.24, 2.45) is 0 Å². The molecule has 0 unspecified atom stereocenters. The SMILES string of the molecule is COc1c(O)cc2oc3cc(O)c(CC=C(C)C)c(OC(C)=O)c3c(=O)c2c1CC=C(C)C. The quantitative estimate of drug-likeness (QED) is 0.226. The molecule has 0 saturated heterocycles. The lowest BCUT2D eigenvalue weighted by atomic mass is 9.98. The molecule has 174 valence electrons. The van der Waals surface area contributed by atoms with E-state index in [1.54, 1.807) is 0 Å². The van der Waals surface area contributed by atoms with Crippen LogP contribution in [0.1, 0.15) is 45.7 Å². The molecule has 1 heterocycles. The van der Waals surface area contributed by atoms with Gasteiger partial charge in [-0.05, 0) is 40.5 Å². The third kappa shape index (κ3) is 4.72. The molecule has 2 N–H and O–H groups in total. The van der Waals surface area contributed by atoms with Crippen LogP contribution >= 0.6 is 0 Å². The molecule has 0 radical (unpaired) electrons. The van der Waals surface area contributed by atoms with Crippen LogP contribution in [0.3, 0.4) is 0 Å². The number of hydrogen-bond donors (Lipinski definition) is 2. The molecule has 7 nitrogen and oxygen atoms in total. The number of esters is 1. The van der Waals surface area contributed by atoms with Crippen molar-refractivity contribution >= 4 is 27.9 Å². The number of phenolic OH excluding ortho intramolecular Hbond substituents is 2. The zero-order chi connectivity index (χ0) is 24.4. The molecular weight excluding hydrogens is 424 g/mol. The summed E-state index contributed by atoms with van der Waals surface area (Å²) in [6.45, 7) is 8.88. The predicted octanol–water partition coefficient (Wildman–Crippen LogP) is 5.31. The number of ether oxygens (including phenoxy) is 2. The minimum atomic E-state index is -0.632. The maximum atomic E-state index is 13.8. The zero-order valence-electron chi connectivity index (χ0n) is 19.7. The molecule has 0 aliphatic heterocycles. The van der Waals surface area contributed by atoms with E-state index in [1.165, 1.54) is 26.2 Å². The first-order valence-corrected chi connectivity index (χ1v) is 10.5. The fourth-order valence-electron chi connectivity index (χ4n) is 3.70. The van der Waals surface area contributed by atoms with Crippen LogP contribution in [0, 0.1) is 0 Å². The number of benzene rings is 2. The molecule has 0 aliphatic carbocycles. The van der Waals surface area contributed by atoms with Crippen molar-refractivity contribution < 1.29 is 28.9 Å². The van der Waals surface area contributed by atoms with Gasteiger partial charge in [0.05, 0.1) is 12.5 Å². The predicted molar refractivity (Wildman–Crippen MR) is 127 cm³/mol. The zero-order valence-corrected chi connectivity index (χ0v) is 19.7. The number of rotatable bonds is 6. The summed E-state index contributed by atoms with van der Waals surface area (Å²) in [5, 5.41) is 21.4. The molecule has 7 heteroatoms. The summed E-state index contributed by atoms with van der Waals surface area (Å²) in [7, 11) is 1.41. The van der Waals surface area contributed by atoms with E-state index in [0.29, 0.717) is 17.5 Å². The summed E-state index contributed by atoms with van der Waals surface area (Å²) in [6.07, 6.45) is 4.34. The molecular formula is C26H28O7. The van der Waals surface area contributed by atoms with Crippen LogP contribution in [0.25, 0.3) is 21.9 Å². The number of hydrogen-bond acceptors (Lipinski definition) is 7. The van der Waals surface area contributed by atoms with Gasteiger partial charge in [-0.25, -0.2) is 0 Å². The minimum Gasteiger partial charge on any atom is -0.507 e. The van der Waals surface area contributed by atoms with Crippen molar-refractivity contribution in [2.75, 3.05) is 7.11 Å². The van der Waals surface area contributed by atoms with Gasteiger partial charge in [-0.15, -0.1) is 0 Å². The van der Waals surface area contributed by atoms with Gasteiger partial charge in [0, 0.05) is 30.2 Å². The Morgan fingerprint density at radius 3 is 1.97 bits per heavy atom. The second-order valence-electron chi connectivity index (χ2n) is 8.35. The molecule has 0 amide bonds. The number of allylic oxidation sites excluding steroid dienone is 4. The Morgan fingerprint density at radius 1 is 0.879 bits per heavy atom. The Morgan fingerprint density at radius 2 is 1.42 bits per heavy atom. The lowest BCUT2D eigenvalue weighted by Gasteiger charge is -2.16. The number of methoxy groups -OCH3 is 1. The normalized spacial score (nSPS) is 10.8. The van der Waals surface area contributed by atoms with E-state index >= 15 is 0 Å². The molecule has 2 aromatic carbocycles. The van der Waals surface area contributed by atoms with E-state index in [1.807, 2.05) is 39.8 Å². The average molecular weight is 453 g/mol.